The number of halogens is 4. The number of aryl methyl sites for hydroxylation is 1. The number of thioether (sulfide) groups is 2. The fraction of sp³-hybridized carbons (Fsp3) is 0.494. The number of nitrogens with two attached hydrogens (primary N) is 1. The Hall–Kier alpha value is -6.51. The van der Waals surface area contributed by atoms with E-state index >= 15 is 4.39 Å². The summed E-state index contributed by atoms with van der Waals surface area (Å²) in [4.78, 5) is 46.7. The fourth-order valence-electron chi connectivity index (χ4n) is 14.6. The van der Waals surface area contributed by atoms with Gasteiger partial charge in [-0.25, -0.2) is 21.2 Å². The molecule has 1 saturated carbocycles. The first-order valence-electron chi connectivity index (χ1n) is 37.9. The number of ether oxygens (including phenoxy) is 2. The SMILES string of the molecule is C.COC(=O)C1(C)CCCCC1.COC(=O)C1(C)CCN(CC[C@@H](N)CSc2ccccc2)CC1.Cc1cc(S(=O)(=O)Nc2ccc(N3CCN(c4cc(F)cc(-c5c(S(C)(=O)=O)c(C)n(C(C)C)c5-c5ccc(Cl)cc5)c4)CC3)cc2)ccc1N[C@H](CCN1CCC(C)(C(=O)O)CC1)CSc1ccccc1.ClCCCl. The Bertz CT molecular complexity index is 4340. The number of aromatic nitrogens is 1. The number of nitrogens with zero attached hydrogens (tertiary/aromatic N) is 5. The minimum absolute atomic E-state index is 0. The summed E-state index contributed by atoms with van der Waals surface area (Å²) in [7, 11) is -4.73. The molecular formula is C85H116Cl3FN8O10S4. The van der Waals surface area contributed by atoms with Crippen molar-refractivity contribution in [3.8, 4) is 22.4 Å². The average molecular weight is 1660 g/mol. The number of carbonyl (C=O) groups is 3. The third-order valence-corrected chi connectivity index (χ3v) is 27.2. The maximum atomic E-state index is 15.7. The number of hydrogen-bond acceptors (Lipinski definition) is 17. The summed E-state index contributed by atoms with van der Waals surface area (Å²) in [5.74, 6) is 1.54. The quantitative estimate of drug-likeness (QED) is 0.0213. The van der Waals surface area contributed by atoms with Gasteiger partial charge in [0, 0.05) is 129 Å². The predicted octanol–water partition coefficient (Wildman–Crippen LogP) is 18.5. The highest BCUT2D eigenvalue weighted by Gasteiger charge is 2.40. The van der Waals surface area contributed by atoms with Crippen LogP contribution in [0.4, 0.5) is 27.1 Å². The maximum Gasteiger partial charge on any atom is 0.311 e. The van der Waals surface area contributed by atoms with Crippen molar-refractivity contribution in [2.45, 2.75) is 164 Å². The second-order valence-corrected chi connectivity index (χ2v) is 37.2. The molecule has 4 aliphatic rings. The van der Waals surface area contributed by atoms with Gasteiger partial charge in [0.15, 0.2) is 9.84 Å². The molecule has 1 aliphatic carbocycles. The Kier molecular flexibility index (Phi) is 35.3. The van der Waals surface area contributed by atoms with Crippen LogP contribution in [-0.2, 0) is 43.7 Å². The van der Waals surface area contributed by atoms with Crippen LogP contribution in [0.2, 0.25) is 5.02 Å². The minimum Gasteiger partial charge on any atom is -0.481 e. The number of nitrogens with one attached hydrogen (secondary N) is 2. The Morgan fingerprint density at radius 1 is 0.622 bits per heavy atom. The van der Waals surface area contributed by atoms with E-state index in [1.807, 2.05) is 119 Å². The number of hydrogen-bond donors (Lipinski definition) is 4. The standard InChI is InChI=1S/C55H64ClFN6O6S3.C18H28N2O2S.C9H16O2.C2H4Cl2.CH4/c1-37(2)63-39(4)53(71(6,66)67)51(52(63)40-12-14-42(56)15-13-40)41-33-43(57)35-47(34-41)62-30-28-61(29-31-62)46-18-16-44(17-19-46)59-72(68,69)49-20-21-50(38(3)32-49)58-45(36-70-48-10-8-7-9-11-48)22-25-60-26-23-55(5,24-27-60)54(64)65;1-18(17(21)22-2)9-12-20(13-10-18)11-8-15(19)14-23-16-6-4-3-5-7-16;1-9(8(10)11-2)6-4-3-5-7-9;3-1-2-4;/h7-21,32-35,37,45,58-59H,22-31,36H2,1-6H3,(H,64,65);3-7,15H,8-14,19H2,1-2H3;3-7H2,1-2H3;1-2H2;1H4/t45-;15-;;;/m11.../s1. The molecule has 4 fully saturated rings. The van der Waals surface area contributed by atoms with Crippen molar-refractivity contribution in [3.63, 3.8) is 0 Å². The smallest absolute Gasteiger partial charge is 0.311 e. The molecule has 6 aromatic carbocycles. The first-order valence-corrected chi connectivity index (χ1v) is 44.7. The third-order valence-electron chi connectivity index (χ3n) is 21.4. The molecule has 0 amide bonds. The first kappa shape index (κ1) is 91.7. The number of likely N-dealkylation sites (tertiary alicyclic amines) is 2. The van der Waals surface area contributed by atoms with Crippen LogP contribution in [0.25, 0.3) is 22.4 Å². The number of piperazine rings is 1. The Balaban J connectivity index is 0.000000356. The van der Waals surface area contributed by atoms with Gasteiger partial charge in [-0.15, -0.1) is 46.7 Å². The van der Waals surface area contributed by atoms with Crippen molar-refractivity contribution in [3.05, 3.63) is 168 Å². The number of carbonyl (C=O) groups excluding carboxylic acids is 2. The van der Waals surface area contributed by atoms with E-state index in [9.17, 15) is 36.3 Å². The number of aliphatic carboxylic acids is 1. The topological polar surface area (TPSA) is 226 Å². The van der Waals surface area contributed by atoms with Crippen molar-refractivity contribution in [2.24, 2.45) is 22.0 Å². The molecule has 0 bridgehead atoms. The number of carboxylic acid groups (broad SMARTS) is 1. The van der Waals surface area contributed by atoms with Crippen LogP contribution in [0.15, 0.2) is 165 Å². The van der Waals surface area contributed by atoms with E-state index in [2.05, 4.69) is 66.0 Å². The zero-order chi connectivity index (χ0) is 80.0. The van der Waals surface area contributed by atoms with E-state index in [1.54, 1.807) is 55.1 Å². The number of alkyl halides is 2. The van der Waals surface area contributed by atoms with Crippen LogP contribution in [-0.4, -0.2) is 175 Å². The first-order chi connectivity index (χ1) is 52.3. The molecule has 18 nitrogen and oxygen atoms in total. The highest BCUT2D eigenvalue weighted by atomic mass is 35.5. The molecule has 5 N–H and O–H groups in total. The summed E-state index contributed by atoms with van der Waals surface area (Å²) in [6.07, 6.45) is 11.6. The van der Waals surface area contributed by atoms with Crippen LogP contribution in [0, 0.1) is 35.9 Å². The van der Waals surface area contributed by atoms with Crippen LogP contribution in [0.1, 0.15) is 130 Å². The normalized spacial score (nSPS) is 16.9. The van der Waals surface area contributed by atoms with Gasteiger partial charge in [-0.3, -0.25) is 19.1 Å². The second-order valence-electron chi connectivity index (χ2n) is 30.2. The zero-order valence-corrected chi connectivity index (χ0v) is 70.9. The molecule has 608 valence electrons. The molecule has 1 aromatic heterocycles. The molecule has 111 heavy (non-hydrogen) atoms. The van der Waals surface area contributed by atoms with E-state index in [4.69, 9.17) is 50.0 Å². The Morgan fingerprint density at radius 2 is 1.13 bits per heavy atom. The van der Waals surface area contributed by atoms with Crippen LogP contribution in [0.5, 0.6) is 0 Å². The van der Waals surface area contributed by atoms with Crippen molar-refractivity contribution in [1.82, 2.24) is 14.4 Å². The highest BCUT2D eigenvalue weighted by Crippen LogP contribution is 2.45. The van der Waals surface area contributed by atoms with Crippen LogP contribution in [0.3, 0.4) is 0 Å². The number of sulfone groups is 1. The maximum absolute atomic E-state index is 15.7. The lowest BCUT2D eigenvalue weighted by atomic mass is 9.76. The summed E-state index contributed by atoms with van der Waals surface area (Å²) >= 11 is 20.0. The van der Waals surface area contributed by atoms with Gasteiger partial charge in [-0.2, -0.15) is 0 Å². The van der Waals surface area contributed by atoms with Gasteiger partial charge in [0.2, 0.25) is 0 Å². The van der Waals surface area contributed by atoms with Gasteiger partial charge in [-0.1, -0.05) is 86.8 Å². The molecule has 0 unspecified atom stereocenters. The van der Waals surface area contributed by atoms with Gasteiger partial charge in [0.1, 0.15) is 5.82 Å². The molecular weight excluding hydrogens is 1550 g/mol. The van der Waals surface area contributed by atoms with Gasteiger partial charge >= 0.3 is 17.9 Å². The monoisotopic (exact) mass is 1660 g/mol. The molecule has 2 atom stereocenters. The zero-order valence-electron chi connectivity index (χ0n) is 65.3. The number of carboxylic acids is 1. The van der Waals surface area contributed by atoms with Crippen LogP contribution < -0.4 is 25.6 Å². The number of rotatable bonds is 27. The minimum atomic E-state index is -3.93. The lowest BCUT2D eigenvalue weighted by Crippen LogP contribution is -2.46. The molecule has 3 aliphatic heterocycles. The Labute approximate surface area is 683 Å². The number of benzene rings is 6. The van der Waals surface area contributed by atoms with Crippen molar-refractivity contribution in [1.29, 1.82) is 0 Å². The lowest BCUT2D eigenvalue weighted by Gasteiger charge is -2.37. The number of anilines is 4. The van der Waals surface area contributed by atoms with Gasteiger partial charge in [0.25, 0.3) is 10.0 Å². The second kappa shape index (κ2) is 42.7. The van der Waals surface area contributed by atoms with E-state index in [1.165, 1.54) is 56.8 Å². The van der Waals surface area contributed by atoms with Crippen molar-refractivity contribution in [2.75, 3.05) is 129 Å². The molecule has 4 heterocycles. The lowest BCUT2D eigenvalue weighted by molar-refractivity contribution is -0.155. The van der Waals surface area contributed by atoms with E-state index in [0.29, 0.717) is 89.7 Å². The number of sulfonamides is 1. The molecule has 3 saturated heterocycles. The van der Waals surface area contributed by atoms with Gasteiger partial charge < -0.3 is 49.8 Å². The predicted molar refractivity (Wildman–Crippen MR) is 459 cm³/mol. The fourth-order valence-corrected chi connectivity index (χ4v) is 19.0. The Morgan fingerprint density at radius 3 is 1.62 bits per heavy atom. The van der Waals surface area contributed by atoms with E-state index in [-0.39, 0.29) is 58.1 Å². The van der Waals surface area contributed by atoms with Crippen molar-refractivity contribution < 1.29 is 50.2 Å². The molecule has 0 radical (unpaired) electrons. The molecule has 11 rings (SSSR count). The van der Waals surface area contributed by atoms with Crippen LogP contribution >= 0.6 is 58.3 Å². The average Bonchev–Trinajstić information content (AvgIpc) is 1.58. The van der Waals surface area contributed by atoms with E-state index in [0.717, 1.165) is 117 Å². The molecule has 26 heteroatoms. The number of methoxy groups -OCH3 is 2. The largest absolute Gasteiger partial charge is 0.481 e. The molecule has 0 spiro atoms. The summed E-state index contributed by atoms with van der Waals surface area (Å²) in [6, 6.07) is 45.2. The van der Waals surface area contributed by atoms with E-state index < -0.39 is 37.1 Å². The summed E-state index contributed by atoms with van der Waals surface area (Å²) in [5.41, 5.74) is 11.7. The third kappa shape index (κ3) is 26.0. The highest BCUT2D eigenvalue weighted by molar-refractivity contribution is 7.99. The van der Waals surface area contributed by atoms with Gasteiger partial charge in [-0.05, 0) is 246 Å². The van der Waals surface area contributed by atoms with Crippen molar-refractivity contribution >= 4 is 119 Å². The van der Waals surface area contributed by atoms with Gasteiger partial charge in [0.05, 0.1) is 45.9 Å². The number of esters is 2. The summed E-state index contributed by atoms with van der Waals surface area (Å²) < 4.78 is 84.7. The summed E-state index contributed by atoms with van der Waals surface area (Å²) in [6.45, 7) is 21.1. The molecule has 7 aromatic rings. The number of piperidine rings is 2. The summed E-state index contributed by atoms with van der Waals surface area (Å²) in [5, 5.41) is 13.9.